The normalized spacial score (nSPS) is 10.6. The zero-order valence-electron chi connectivity index (χ0n) is 16.9. The number of anilines is 1. The van der Waals surface area contributed by atoms with Gasteiger partial charge in [0.2, 0.25) is 0 Å². The molecule has 0 radical (unpaired) electrons. The average Bonchev–Trinajstić information content (AvgIpc) is 3.52. The minimum absolute atomic E-state index is 0.145. The van der Waals surface area contributed by atoms with Gasteiger partial charge in [0.25, 0.3) is 11.8 Å². The van der Waals surface area contributed by atoms with E-state index in [1.54, 1.807) is 42.3 Å². The number of carbonyl (C=O) groups is 2. The summed E-state index contributed by atoms with van der Waals surface area (Å²) in [7, 11) is 1.68. The first-order valence-corrected chi connectivity index (χ1v) is 10.6. The number of nitrogens with zero attached hydrogens (tertiary/aromatic N) is 4. The van der Waals surface area contributed by atoms with Gasteiger partial charge in [0.1, 0.15) is 12.7 Å². The van der Waals surface area contributed by atoms with Crippen molar-refractivity contribution in [3.05, 3.63) is 100 Å². The number of amides is 2. The number of rotatable bonds is 7. The van der Waals surface area contributed by atoms with E-state index in [9.17, 15) is 9.59 Å². The Labute approximate surface area is 184 Å². The molecule has 156 valence electrons. The van der Waals surface area contributed by atoms with Gasteiger partial charge in [0.05, 0.1) is 22.7 Å². The van der Waals surface area contributed by atoms with E-state index in [0.29, 0.717) is 29.2 Å². The number of carbonyl (C=O) groups excluding carboxylic acids is 2. The number of hydrogen-bond donors (Lipinski definition) is 1. The minimum atomic E-state index is -0.239. The fourth-order valence-electron chi connectivity index (χ4n) is 3.28. The van der Waals surface area contributed by atoms with Crippen LogP contribution in [-0.4, -0.2) is 33.6 Å². The molecule has 0 spiro atoms. The molecule has 31 heavy (non-hydrogen) atoms. The predicted molar refractivity (Wildman–Crippen MR) is 120 cm³/mol. The van der Waals surface area contributed by atoms with E-state index in [1.807, 2.05) is 41.8 Å². The topological polar surface area (TPSA) is 80.1 Å². The van der Waals surface area contributed by atoms with Crippen LogP contribution in [0.5, 0.6) is 0 Å². The molecule has 1 N–H and O–H groups in total. The average molecular weight is 432 g/mol. The zero-order chi connectivity index (χ0) is 21.6. The van der Waals surface area contributed by atoms with E-state index >= 15 is 0 Å². The van der Waals surface area contributed by atoms with Crippen molar-refractivity contribution in [2.75, 3.05) is 11.9 Å². The molecule has 2 aromatic carbocycles. The van der Waals surface area contributed by atoms with Crippen LogP contribution >= 0.6 is 11.3 Å². The number of benzene rings is 2. The fourth-order valence-corrected chi connectivity index (χ4v) is 3.98. The highest BCUT2D eigenvalue weighted by Gasteiger charge is 2.20. The molecular weight excluding hydrogens is 410 g/mol. The minimum Gasteiger partial charge on any atom is -0.348 e. The summed E-state index contributed by atoms with van der Waals surface area (Å²) in [4.78, 5) is 31.9. The Morgan fingerprint density at radius 2 is 1.81 bits per heavy atom. The Morgan fingerprint density at radius 3 is 2.55 bits per heavy atom. The molecule has 0 aliphatic carbocycles. The second kappa shape index (κ2) is 9.36. The first kappa shape index (κ1) is 20.5. The molecule has 0 fully saturated rings. The molecule has 0 aliphatic rings. The van der Waals surface area contributed by atoms with Gasteiger partial charge in [-0.2, -0.15) is 5.10 Å². The predicted octanol–water partition coefficient (Wildman–Crippen LogP) is 3.59. The van der Waals surface area contributed by atoms with Gasteiger partial charge in [0.15, 0.2) is 0 Å². The number of nitrogens with one attached hydrogen (secondary N) is 1. The van der Waals surface area contributed by atoms with Crippen molar-refractivity contribution in [3.63, 3.8) is 0 Å². The van der Waals surface area contributed by atoms with Gasteiger partial charge in [-0.15, -0.1) is 11.3 Å². The molecule has 2 amide bonds. The third-order valence-corrected chi connectivity index (χ3v) is 5.76. The molecule has 7 nitrogen and oxygen atoms in total. The number of para-hydroxylation sites is 1. The van der Waals surface area contributed by atoms with Crippen molar-refractivity contribution < 1.29 is 9.59 Å². The third-order valence-electron chi connectivity index (χ3n) is 4.90. The van der Waals surface area contributed by atoms with Crippen molar-refractivity contribution in [1.82, 2.24) is 20.1 Å². The van der Waals surface area contributed by atoms with E-state index in [4.69, 9.17) is 0 Å². The summed E-state index contributed by atoms with van der Waals surface area (Å²) in [5.74, 6) is -0.384. The summed E-state index contributed by atoms with van der Waals surface area (Å²) in [5, 5.41) is 8.99. The number of thiophene rings is 1. The Kier molecular flexibility index (Phi) is 6.18. The van der Waals surface area contributed by atoms with Crippen LogP contribution in [0.15, 0.2) is 78.7 Å². The third kappa shape index (κ3) is 4.70. The lowest BCUT2D eigenvalue weighted by Gasteiger charge is -2.20. The molecular formula is C23H21N5O2S. The summed E-state index contributed by atoms with van der Waals surface area (Å²) in [6, 6.07) is 18.6. The maximum absolute atomic E-state index is 13.0. The first-order chi connectivity index (χ1) is 15.1. The van der Waals surface area contributed by atoms with Gasteiger partial charge in [-0.3, -0.25) is 9.59 Å². The molecule has 0 saturated carbocycles. The first-order valence-electron chi connectivity index (χ1n) is 9.71. The van der Waals surface area contributed by atoms with Crippen molar-refractivity contribution in [2.24, 2.45) is 0 Å². The summed E-state index contributed by atoms with van der Waals surface area (Å²) in [6.45, 7) is 0.932. The van der Waals surface area contributed by atoms with Crippen LogP contribution in [-0.2, 0) is 13.1 Å². The summed E-state index contributed by atoms with van der Waals surface area (Å²) in [5.41, 5.74) is 3.05. The zero-order valence-corrected chi connectivity index (χ0v) is 17.7. The van der Waals surface area contributed by atoms with Crippen molar-refractivity contribution >= 4 is 28.8 Å². The summed E-state index contributed by atoms with van der Waals surface area (Å²) < 4.78 is 1.74. The van der Waals surface area contributed by atoms with E-state index in [-0.39, 0.29) is 11.8 Å². The maximum atomic E-state index is 13.0. The van der Waals surface area contributed by atoms with Crippen molar-refractivity contribution in [3.8, 4) is 0 Å². The van der Waals surface area contributed by atoms with E-state index in [2.05, 4.69) is 15.4 Å². The van der Waals surface area contributed by atoms with E-state index in [1.165, 1.54) is 22.6 Å². The Bertz CT molecular complexity index is 1170. The number of hydrogen-bond acceptors (Lipinski definition) is 5. The Balaban J connectivity index is 1.50. The van der Waals surface area contributed by atoms with Crippen molar-refractivity contribution in [1.29, 1.82) is 0 Å². The molecule has 2 heterocycles. The lowest BCUT2D eigenvalue weighted by molar-refractivity contribution is 0.0951. The van der Waals surface area contributed by atoms with Crippen LogP contribution in [0.1, 0.15) is 31.2 Å². The van der Waals surface area contributed by atoms with Crippen LogP contribution in [0.4, 0.5) is 5.69 Å². The van der Waals surface area contributed by atoms with Gasteiger partial charge in [0, 0.05) is 13.6 Å². The SMILES string of the molecule is CN(C(=O)c1cccs1)c1ccccc1C(=O)NCc1ccccc1Cn1cncn1. The lowest BCUT2D eigenvalue weighted by Crippen LogP contribution is -2.30. The summed E-state index contributed by atoms with van der Waals surface area (Å²) >= 11 is 1.38. The quantitative estimate of drug-likeness (QED) is 0.485. The molecule has 4 rings (SSSR count). The van der Waals surface area contributed by atoms with Crippen LogP contribution in [0.25, 0.3) is 0 Å². The monoisotopic (exact) mass is 431 g/mol. The highest BCUT2D eigenvalue weighted by molar-refractivity contribution is 7.12. The molecule has 4 aromatic rings. The van der Waals surface area contributed by atoms with Gasteiger partial charge >= 0.3 is 0 Å². The molecule has 2 aromatic heterocycles. The van der Waals surface area contributed by atoms with Crippen molar-refractivity contribution in [2.45, 2.75) is 13.1 Å². The smallest absolute Gasteiger partial charge is 0.268 e. The van der Waals surface area contributed by atoms with Crippen LogP contribution in [0.2, 0.25) is 0 Å². The second-order valence-electron chi connectivity index (χ2n) is 6.90. The molecule has 8 heteroatoms. The van der Waals surface area contributed by atoms with Crippen LogP contribution in [0.3, 0.4) is 0 Å². The highest BCUT2D eigenvalue weighted by atomic mass is 32.1. The maximum Gasteiger partial charge on any atom is 0.268 e. The van der Waals surface area contributed by atoms with Gasteiger partial charge in [-0.1, -0.05) is 42.5 Å². The molecule has 0 saturated heterocycles. The van der Waals surface area contributed by atoms with Crippen LogP contribution < -0.4 is 10.2 Å². The molecule has 0 atom stereocenters. The van der Waals surface area contributed by atoms with E-state index in [0.717, 1.165) is 11.1 Å². The van der Waals surface area contributed by atoms with Gasteiger partial charge < -0.3 is 10.2 Å². The summed E-state index contributed by atoms with van der Waals surface area (Å²) in [6.07, 6.45) is 3.15. The fraction of sp³-hybridized carbons (Fsp3) is 0.130. The van der Waals surface area contributed by atoms with Gasteiger partial charge in [-0.25, -0.2) is 9.67 Å². The Hall–Kier alpha value is -3.78. The number of aromatic nitrogens is 3. The lowest BCUT2D eigenvalue weighted by atomic mass is 10.1. The second-order valence-corrected chi connectivity index (χ2v) is 7.85. The Morgan fingerprint density at radius 1 is 1.03 bits per heavy atom. The standard InChI is InChI=1S/C23H21N5O2S/c1-27(23(30)21-11-6-12-31-21)20-10-5-4-9-19(20)22(29)25-13-17-7-2-3-8-18(17)14-28-16-24-15-26-28/h2-12,15-16H,13-14H2,1H3,(H,25,29). The van der Waals surface area contributed by atoms with Crippen LogP contribution in [0, 0.1) is 0 Å². The van der Waals surface area contributed by atoms with Gasteiger partial charge in [-0.05, 0) is 34.7 Å². The molecule has 0 bridgehead atoms. The largest absolute Gasteiger partial charge is 0.348 e. The van der Waals surface area contributed by atoms with E-state index < -0.39 is 0 Å². The molecule has 0 unspecified atom stereocenters. The highest BCUT2D eigenvalue weighted by Crippen LogP contribution is 2.23. The molecule has 0 aliphatic heterocycles.